The third-order valence-corrected chi connectivity index (χ3v) is 1.86. The molecule has 1 atom stereocenters. The topological polar surface area (TPSA) is 26.3 Å². The highest BCUT2D eigenvalue weighted by atomic mass is 79.9. The number of hydrogen-bond donors (Lipinski definition) is 0. The van der Waals surface area contributed by atoms with E-state index in [1.54, 1.807) is 0 Å². The molecule has 0 bridgehead atoms. The highest BCUT2D eigenvalue weighted by Gasteiger charge is 2.06. The van der Waals surface area contributed by atoms with E-state index in [9.17, 15) is 4.79 Å². The molecule has 0 amide bonds. The Kier molecular flexibility index (Phi) is 6.62. The second-order valence-electron chi connectivity index (χ2n) is 2.58. The molecule has 0 aliphatic heterocycles. The van der Waals surface area contributed by atoms with E-state index in [4.69, 9.17) is 4.74 Å². The molecule has 0 fully saturated rings. The maximum atomic E-state index is 10.7. The number of rotatable bonds is 5. The highest BCUT2D eigenvalue weighted by Crippen LogP contribution is 2.04. The fraction of sp³-hybridized carbons (Fsp3) is 0.875. The van der Waals surface area contributed by atoms with Crippen LogP contribution in [-0.4, -0.2) is 17.4 Å². The van der Waals surface area contributed by atoms with Crippen molar-refractivity contribution in [2.75, 3.05) is 5.33 Å². The molecule has 0 aliphatic rings. The summed E-state index contributed by atoms with van der Waals surface area (Å²) in [5.74, 6) is -0.173. The van der Waals surface area contributed by atoms with Gasteiger partial charge in [-0.1, -0.05) is 35.7 Å². The molecule has 2 nitrogen and oxygen atoms in total. The maximum Gasteiger partial charge on any atom is 0.316 e. The van der Waals surface area contributed by atoms with Crippen molar-refractivity contribution in [3.8, 4) is 0 Å². The van der Waals surface area contributed by atoms with Crippen LogP contribution in [0.5, 0.6) is 0 Å². The van der Waals surface area contributed by atoms with Crippen molar-refractivity contribution < 1.29 is 9.53 Å². The van der Waals surface area contributed by atoms with Crippen LogP contribution in [0.15, 0.2) is 0 Å². The maximum absolute atomic E-state index is 10.7. The lowest BCUT2D eigenvalue weighted by Gasteiger charge is -2.10. The first kappa shape index (κ1) is 11.0. The average Bonchev–Trinajstić information content (AvgIpc) is 2.00. The van der Waals surface area contributed by atoms with E-state index in [1.807, 2.05) is 6.92 Å². The van der Waals surface area contributed by atoms with Crippen LogP contribution < -0.4 is 0 Å². The van der Waals surface area contributed by atoms with Crippen molar-refractivity contribution in [3.05, 3.63) is 0 Å². The molecule has 0 heterocycles. The number of alkyl halides is 1. The van der Waals surface area contributed by atoms with Gasteiger partial charge in [0.15, 0.2) is 0 Å². The molecule has 66 valence electrons. The number of ether oxygens (including phenoxy) is 1. The summed E-state index contributed by atoms with van der Waals surface area (Å²) in [7, 11) is 0. The molecule has 3 heteroatoms. The van der Waals surface area contributed by atoms with Crippen molar-refractivity contribution >= 4 is 21.9 Å². The standard InChI is InChI=1S/C8H15BrO2/c1-3-4-5-7(2)11-8(10)6-9/h7H,3-6H2,1-2H3. The molecule has 0 saturated heterocycles. The number of hydrogen-bond acceptors (Lipinski definition) is 2. The van der Waals surface area contributed by atoms with Gasteiger partial charge in [-0.2, -0.15) is 0 Å². The van der Waals surface area contributed by atoms with Gasteiger partial charge in [-0.3, -0.25) is 4.79 Å². The molecular formula is C8H15BrO2. The van der Waals surface area contributed by atoms with E-state index in [0.29, 0.717) is 5.33 Å². The van der Waals surface area contributed by atoms with E-state index < -0.39 is 0 Å². The second-order valence-corrected chi connectivity index (χ2v) is 3.14. The third kappa shape index (κ3) is 6.35. The van der Waals surface area contributed by atoms with Crippen molar-refractivity contribution in [1.29, 1.82) is 0 Å². The fourth-order valence-corrected chi connectivity index (χ4v) is 0.939. The first-order valence-corrected chi connectivity index (χ1v) is 5.08. The Morgan fingerprint density at radius 1 is 1.64 bits per heavy atom. The second kappa shape index (κ2) is 6.65. The smallest absolute Gasteiger partial charge is 0.316 e. The van der Waals surface area contributed by atoms with Crippen LogP contribution in [0.25, 0.3) is 0 Å². The molecule has 0 aliphatic carbocycles. The molecule has 0 N–H and O–H groups in total. The third-order valence-electron chi connectivity index (χ3n) is 1.41. The van der Waals surface area contributed by atoms with Crippen molar-refractivity contribution in [1.82, 2.24) is 0 Å². The van der Waals surface area contributed by atoms with Gasteiger partial charge in [-0.25, -0.2) is 0 Å². The summed E-state index contributed by atoms with van der Waals surface area (Å²) < 4.78 is 5.02. The molecule has 0 rings (SSSR count). The molecule has 1 unspecified atom stereocenters. The minimum Gasteiger partial charge on any atom is -0.462 e. The fourth-order valence-electron chi connectivity index (χ4n) is 0.806. The Balaban J connectivity index is 3.35. The van der Waals surface area contributed by atoms with Gasteiger partial charge in [-0.15, -0.1) is 0 Å². The first-order valence-electron chi connectivity index (χ1n) is 3.96. The van der Waals surface area contributed by atoms with E-state index in [-0.39, 0.29) is 12.1 Å². The molecule has 0 radical (unpaired) electrons. The SMILES string of the molecule is CCCCC(C)OC(=O)CBr. The van der Waals surface area contributed by atoms with Gasteiger partial charge in [0.1, 0.15) is 5.33 Å². The van der Waals surface area contributed by atoms with Crippen LogP contribution in [0.1, 0.15) is 33.1 Å². The molecular weight excluding hydrogens is 208 g/mol. The van der Waals surface area contributed by atoms with Crippen LogP contribution >= 0.6 is 15.9 Å². The highest BCUT2D eigenvalue weighted by molar-refractivity contribution is 9.09. The van der Waals surface area contributed by atoms with Gasteiger partial charge in [0.05, 0.1) is 6.10 Å². The normalized spacial score (nSPS) is 12.6. The summed E-state index contributed by atoms with van der Waals surface area (Å²) in [6, 6.07) is 0. The Hall–Kier alpha value is -0.0500. The number of carbonyl (C=O) groups is 1. The summed E-state index contributed by atoms with van der Waals surface area (Å²) in [5.41, 5.74) is 0. The lowest BCUT2D eigenvalue weighted by Crippen LogP contribution is -2.15. The quantitative estimate of drug-likeness (QED) is 0.528. The molecule has 0 spiro atoms. The number of esters is 1. The van der Waals surface area contributed by atoms with Gasteiger partial charge >= 0.3 is 5.97 Å². The van der Waals surface area contributed by atoms with E-state index in [1.165, 1.54) is 0 Å². The van der Waals surface area contributed by atoms with E-state index >= 15 is 0 Å². The van der Waals surface area contributed by atoms with Gasteiger partial charge in [0.2, 0.25) is 0 Å². The summed E-state index contributed by atoms with van der Waals surface area (Å²) in [6.45, 7) is 4.05. The zero-order valence-electron chi connectivity index (χ0n) is 7.10. The lowest BCUT2D eigenvalue weighted by atomic mass is 10.2. The Morgan fingerprint density at radius 3 is 2.73 bits per heavy atom. The van der Waals surface area contributed by atoms with Crippen molar-refractivity contribution in [2.24, 2.45) is 0 Å². The van der Waals surface area contributed by atoms with Crippen molar-refractivity contribution in [2.45, 2.75) is 39.2 Å². The number of unbranched alkanes of at least 4 members (excludes halogenated alkanes) is 1. The van der Waals surface area contributed by atoms with Crippen molar-refractivity contribution in [3.63, 3.8) is 0 Å². The largest absolute Gasteiger partial charge is 0.462 e. The first-order chi connectivity index (χ1) is 5.20. The minimum absolute atomic E-state index is 0.0694. The molecule has 0 aromatic carbocycles. The van der Waals surface area contributed by atoms with Crippen LogP contribution in [0.4, 0.5) is 0 Å². The molecule has 0 aromatic heterocycles. The molecule has 0 aromatic rings. The Morgan fingerprint density at radius 2 is 2.27 bits per heavy atom. The van der Waals surface area contributed by atoms with Gasteiger partial charge in [0.25, 0.3) is 0 Å². The Bertz CT molecular complexity index is 115. The van der Waals surface area contributed by atoms with Crippen LogP contribution in [0.3, 0.4) is 0 Å². The minimum atomic E-state index is -0.173. The summed E-state index contributed by atoms with van der Waals surface area (Å²) in [4.78, 5) is 10.7. The predicted octanol–water partition coefficient (Wildman–Crippen LogP) is 2.50. The molecule has 0 saturated carbocycles. The predicted molar refractivity (Wildman–Crippen MR) is 48.9 cm³/mol. The van der Waals surface area contributed by atoms with Gasteiger partial charge in [0, 0.05) is 0 Å². The van der Waals surface area contributed by atoms with Gasteiger partial charge in [-0.05, 0) is 13.3 Å². The van der Waals surface area contributed by atoms with Crippen LogP contribution in [-0.2, 0) is 9.53 Å². The van der Waals surface area contributed by atoms with Gasteiger partial charge < -0.3 is 4.74 Å². The summed E-state index contributed by atoms with van der Waals surface area (Å²) >= 11 is 3.04. The zero-order chi connectivity index (χ0) is 8.69. The number of halogens is 1. The van der Waals surface area contributed by atoms with Crippen LogP contribution in [0, 0.1) is 0 Å². The number of carbonyl (C=O) groups excluding carboxylic acids is 1. The van der Waals surface area contributed by atoms with E-state index in [0.717, 1.165) is 19.3 Å². The zero-order valence-corrected chi connectivity index (χ0v) is 8.69. The average molecular weight is 223 g/mol. The lowest BCUT2D eigenvalue weighted by molar-refractivity contribution is -0.145. The van der Waals surface area contributed by atoms with Crippen LogP contribution in [0.2, 0.25) is 0 Å². The Labute approximate surface area is 76.4 Å². The summed E-state index contributed by atoms with van der Waals surface area (Å²) in [6.07, 6.45) is 3.31. The molecule has 11 heavy (non-hydrogen) atoms. The monoisotopic (exact) mass is 222 g/mol. The van der Waals surface area contributed by atoms with E-state index in [2.05, 4.69) is 22.9 Å². The summed E-state index contributed by atoms with van der Waals surface area (Å²) in [5, 5.41) is 0.295.